The number of amides is 3. The first kappa shape index (κ1) is 32.1. The smallest absolute Gasteiger partial charge is 0.261 e. The van der Waals surface area contributed by atoms with Gasteiger partial charge in [0.1, 0.15) is 24.8 Å². The molecule has 5 rings (SSSR count). The molecular formula is C32H38N8O6. The van der Waals surface area contributed by atoms with Gasteiger partial charge in [-0.25, -0.2) is 14.6 Å². The number of nitrogens with one attached hydrogen (secondary N) is 2. The third kappa shape index (κ3) is 7.33. The molecule has 4 aromatic rings. The molecule has 2 N–H and O–H groups in total. The van der Waals surface area contributed by atoms with Crippen LogP contribution in [0.15, 0.2) is 53.6 Å². The van der Waals surface area contributed by atoms with Gasteiger partial charge in [0.05, 0.1) is 43.5 Å². The fraction of sp³-hybridized carbons (Fsp3) is 0.406. The number of carbonyl (C=O) groups is 3. The number of aryl methyl sites for hydroxylation is 1. The van der Waals surface area contributed by atoms with Crippen LogP contribution in [-0.2, 0) is 22.7 Å². The zero-order chi connectivity index (χ0) is 32.8. The van der Waals surface area contributed by atoms with Gasteiger partial charge in [0.2, 0.25) is 11.8 Å². The Morgan fingerprint density at radius 3 is 2.72 bits per heavy atom. The Morgan fingerprint density at radius 2 is 1.93 bits per heavy atom. The minimum Gasteiger partial charge on any atom is -0.493 e. The molecule has 1 aliphatic rings. The number of hydrogen-bond acceptors (Lipinski definition) is 9. The van der Waals surface area contributed by atoms with E-state index in [1.807, 2.05) is 13.8 Å². The highest BCUT2D eigenvalue weighted by Crippen LogP contribution is 2.28. The summed E-state index contributed by atoms with van der Waals surface area (Å²) in [5.41, 5.74) is 0.556. The van der Waals surface area contributed by atoms with Gasteiger partial charge in [0.15, 0.2) is 11.5 Å². The SMILES string of the molecule is COc1ccc2cc1OCCn1nc(C)nc1[C@H](C(C)C)NC(=O)CN(C(=O)Cn1cnc3ccccc3c1=O)CCCNC2=O. The van der Waals surface area contributed by atoms with E-state index in [0.29, 0.717) is 52.6 Å². The van der Waals surface area contributed by atoms with Crippen molar-refractivity contribution in [3.63, 3.8) is 0 Å². The van der Waals surface area contributed by atoms with Crippen molar-refractivity contribution in [3.8, 4) is 11.5 Å². The predicted molar refractivity (Wildman–Crippen MR) is 169 cm³/mol. The summed E-state index contributed by atoms with van der Waals surface area (Å²) in [6.45, 7) is 6.03. The van der Waals surface area contributed by atoms with Gasteiger partial charge in [-0.3, -0.25) is 23.7 Å². The molecule has 1 atom stereocenters. The van der Waals surface area contributed by atoms with Crippen LogP contribution in [0.2, 0.25) is 0 Å². The molecule has 14 nitrogen and oxygen atoms in total. The maximum Gasteiger partial charge on any atom is 0.261 e. The van der Waals surface area contributed by atoms with Gasteiger partial charge in [-0.15, -0.1) is 0 Å². The van der Waals surface area contributed by atoms with Crippen LogP contribution in [0.1, 0.15) is 48.3 Å². The highest BCUT2D eigenvalue weighted by molar-refractivity contribution is 5.94. The number of ether oxygens (including phenoxy) is 2. The minimum atomic E-state index is -0.506. The second-order valence-electron chi connectivity index (χ2n) is 11.4. The largest absolute Gasteiger partial charge is 0.493 e. The Kier molecular flexibility index (Phi) is 9.94. The van der Waals surface area contributed by atoms with E-state index in [-0.39, 0.29) is 50.2 Å². The molecule has 2 bridgehead atoms. The second kappa shape index (κ2) is 14.2. The summed E-state index contributed by atoms with van der Waals surface area (Å²) in [7, 11) is 1.52. The molecular weight excluding hydrogens is 592 g/mol. The van der Waals surface area contributed by atoms with E-state index in [1.54, 1.807) is 54.1 Å². The van der Waals surface area contributed by atoms with Crippen molar-refractivity contribution in [2.75, 3.05) is 33.4 Å². The average Bonchev–Trinajstić information content (AvgIpc) is 3.41. The van der Waals surface area contributed by atoms with E-state index in [2.05, 4.69) is 25.7 Å². The molecule has 0 aliphatic carbocycles. The summed E-state index contributed by atoms with van der Waals surface area (Å²) in [6, 6.07) is 11.3. The first-order valence-corrected chi connectivity index (χ1v) is 15.2. The molecule has 14 heteroatoms. The van der Waals surface area contributed by atoms with Crippen molar-refractivity contribution < 1.29 is 23.9 Å². The van der Waals surface area contributed by atoms with Crippen LogP contribution in [0.3, 0.4) is 0 Å². The summed E-state index contributed by atoms with van der Waals surface area (Å²) in [5, 5.41) is 10.8. The highest BCUT2D eigenvalue weighted by Gasteiger charge is 2.27. The number of benzene rings is 2. The van der Waals surface area contributed by atoms with Crippen molar-refractivity contribution in [1.29, 1.82) is 0 Å². The van der Waals surface area contributed by atoms with Crippen LogP contribution in [0.25, 0.3) is 10.9 Å². The first-order chi connectivity index (χ1) is 22.1. The average molecular weight is 631 g/mol. The Labute approximate surface area is 265 Å². The van der Waals surface area contributed by atoms with Gasteiger partial charge >= 0.3 is 0 Å². The van der Waals surface area contributed by atoms with Crippen molar-refractivity contribution in [2.24, 2.45) is 5.92 Å². The Balaban J connectivity index is 1.43. The molecule has 0 radical (unpaired) electrons. The number of carbonyl (C=O) groups excluding carboxylic acids is 3. The maximum absolute atomic E-state index is 13.6. The molecule has 2 aromatic heterocycles. The molecule has 242 valence electrons. The standard InChI is InChI=1S/C32H38N8O6/c1-20(2)29-30-35-21(3)37-40(30)14-15-46-26-16-22(10-11-25(26)45-4)31(43)33-12-7-13-38(17-27(41)36-29)28(42)18-39-19-34-24-9-6-5-8-23(24)32(39)44/h5-6,8-11,16,19-20,29H,7,12-15,17-18H2,1-4H3,(H,33,43)(H,36,41)/t29-/m0/s1. The molecule has 3 heterocycles. The van der Waals surface area contributed by atoms with E-state index in [4.69, 9.17) is 9.47 Å². The van der Waals surface area contributed by atoms with Gasteiger partial charge in [0, 0.05) is 18.7 Å². The van der Waals surface area contributed by atoms with E-state index in [1.165, 1.54) is 22.9 Å². The van der Waals surface area contributed by atoms with Crippen LogP contribution >= 0.6 is 0 Å². The molecule has 3 amide bonds. The molecule has 2 aromatic carbocycles. The lowest BCUT2D eigenvalue weighted by Crippen LogP contribution is -2.45. The molecule has 0 unspecified atom stereocenters. The lowest BCUT2D eigenvalue weighted by atomic mass is 10.0. The lowest BCUT2D eigenvalue weighted by Gasteiger charge is -2.26. The summed E-state index contributed by atoms with van der Waals surface area (Å²) < 4.78 is 14.4. The fourth-order valence-corrected chi connectivity index (χ4v) is 5.29. The van der Waals surface area contributed by atoms with Crippen LogP contribution in [0.5, 0.6) is 11.5 Å². The van der Waals surface area contributed by atoms with Crippen LogP contribution in [-0.4, -0.2) is 80.3 Å². The zero-order valence-corrected chi connectivity index (χ0v) is 26.4. The monoisotopic (exact) mass is 630 g/mol. The van der Waals surface area contributed by atoms with Crippen molar-refractivity contribution in [3.05, 3.63) is 76.4 Å². The fourth-order valence-electron chi connectivity index (χ4n) is 5.29. The number of fused-ring (bicyclic) bond motifs is 4. The van der Waals surface area contributed by atoms with Gasteiger partial charge in [0.25, 0.3) is 11.5 Å². The Hall–Kier alpha value is -5.27. The highest BCUT2D eigenvalue weighted by atomic mass is 16.5. The van der Waals surface area contributed by atoms with Crippen molar-refractivity contribution >= 4 is 28.6 Å². The van der Waals surface area contributed by atoms with Gasteiger partial charge in [-0.1, -0.05) is 26.0 Å². The summed E-state index contributed by atoms with van der Waals surface area (Å²) in [5.74, 6) is 0.738. The molecule has 46 heavy (non-hydrogen) atoms. The number of hydrogen-bond donors (Lipinski definition) is 2. The maximum atomic E-state index is 13.6. The topological polar surface area (TPSA) is 163 Å². The number of aromatic nitrogens is 5. The number of nitrogens with zero attached hydrogens (tertiary/aromatic N) is 6. The second-order valence-corrected chi connectivity index (χ2v) is 11.4. The van der Waals surface area contributed by atoms with Gasteiger partial charge in [-0.05, 0) is 49.6 Å². The van der Waals surface area contributed by atoms with E-state index in [0.717, 1.165) is 0 Å². The number of rotatable bonds is 4. The van der Waals surface area contributed by atoms with E-state index in [9.17, 15) is 19.2 Å². The van der Waals surface area contributed by atoms with Crippen molar-refractivity contribution in [2.45, 2.75) is 46.3 Å². The van der Waals surface area contributed by atoms with E-state index < -0.39 is 17.9 Å². The predicted octanol–water partition coefficient (Wildman–Crippen LogP) is 1.86. The number of para-hydroxylation sites is 1. The Bertz CT molecular complexity index is 1800. The van der Waals surface area contributed by atoms with Gasteiger partial charge in [-0.2, -0.15) is 5.10 Å². The van der Waals surface area contributed by atoms with Crippen molar-refractivity contribution in [1.82, 2.24) is 39.8 Å². The molecule has 0 saturated carbocycles. The summed E-state index contributed by atoms with van der Waals surface area (Å²) in [4.78, 5) is 63.5. The summed E-state index contributed by atoms with van der Waals surface area (Å²) in [6.07, 6.45) is 1.69. The van der Waals surface area contributed by atoms with Crippen LogP contribution in [0.4, 0.5) is 0 Å². The molecule has 0 saturated heterocycles. The van der Waals surface area contributed by atoms with Gasteiger partial charge < -0.3 is 25.0 Å². The number of methoxy groups -OCH3 is 1. The minimum absolute atomic E-state index is 0.0591. The molecule has 0 fully saturated rings. The van der Waals surface area contributed by atoms with Crippen LogP contribution < -0.4 is 25.7 Å². The summed E-state index contributed by atoms with van der Waals surface area (Å²) >= 11 is 0. The normalized spacial score (nSPS) is 16.5. The lowest BCUT2D eigenvalue weighted by molar-refractivity contribution is -0.137. The molecule has 0 spiro atoms. The zero-order valence-electron chi connectivity index (χ0n) is 26.4. The third-order valence-electron chi connectivity index (χ3n) is 7.67. The van der Waals surface area contributed by atoms with Crippen LogP contribution in [0, 0.1) is 12.8 Å². The third-order valence-corrected chi connectivity index (χ3v) is 7.67. The van der Waals surface area contributed by atoms with E-state index >= 15 is 0 Å². The first-order valence-electron chi connectivity index (χ1n) is 15.2. The molecule has 1 aliphatic heterocycles. The Morgan fingerprint density at radius 1 is 1.13 bits per heavy atom. The quantitative estimate of drug-likeness (QED) is 0.343.